The Bertz CT molecular complexity index is 1520. The molecule has 2 N–H and O–H groups in total. The topological polar surface area (TPSA) is 115 Å². The summed E-state index contributed by atoms with van der Waals surface area (Å²) in [5.74, 6) is 2.28. The van der Waals surface area contributed by atoms with Crippen LogP contribution in [0.2, 0.25) is 5.02 Å². The van der Waals surface area contributed by atoms with Gasteiger partial charge < -0.3 is 39.7 Å². The average molecular weight is 637 g/mol. The van der Waals surface area contributed by atoms with Gasteiger partial charge in [-0.25, -0.2) is 4.98 Å². The lowest BCUT2D eigenvalue weighted by Gasteiger charge is -2.36. The van der Waals surface area contributed by atoms with Gasteiger partial charge >= 0.3 is 0 Å². The van der Waals surface area contributed by atoms with Crippen molar-refractivity contribution in [3.63, 3.8) is 0 Å². The van der Waals surface area contributed by atoms with Crippen LogP contribution in [0.5, 0.6) is 11.5 Å². The van der Waals surface area contributed by atoms with E-state index in [1.54, 1.807) is 27.2 Å². The lowest BCUT2D eigenvalue weighted by Crippen LogP contribution is -2.48. The van der Waals surface area contributed by atoms with Gasteiger partial charge in [0.15, 0.2) is 5.82 Å². The highest BCUT2D eigenvalue weighted by Gasteiger charge is 2.22. The maximum Gasteiger partial charge on any atom is 0.229 e. The molecule has 1 aromatic heterocycles. The van der Waals surface area contributed by atoms with Gasteiger partial charge in [0.1, 0.15) is 16.5 Å². The normalized spacial score (nSPS) is 15.3. The molecule has 3 heterocycles. The SMILES string of the molecule is COc1cc(N2CCN(C(C)=O)CC2)ccc1Nc1ncc(Cl)c(Nc2ccc(N3CCN(C(C)=O)CC3)cc2OC(C)C)n1. The minimum atomic E-state index is -0.0538. The molecule has 240 valence electrons. The summed E-state index contributed by atoms with van der Waals surface area (Å²) in [6.45, 7) is 12.9. The first-order valence-electron chi connectivity index (χ1n) is 15.2. The van der Waals surface area contributed by atoms with E-state index in [1.165, 1.54) is 0 Å². The maximum absolute atomic E-state index is 11.8. The molecule has 2 aliphatic rings. The Morgan fingerprint density at radius 3 is 1.80 bits per heavy atom. The van der Waals surface area contributed by atoms with Crippen molar-refractivity contribution in [2.24, 2.45) is 0 Å². The molecule has 0 aliphatic carbocycles. The van der Waals surface area contributed by atoms with Crippen LogP contribution in [0, 0.1) is 0 Å². The van der Waals surface area contributed by atoms with Crippen LogP contribution in [0.3, 0.4) is 0 Å². The van der Waals surface area contributed by atoms with Crippen molar-refractivity contribution in [2.75, 3.05) is 79.9 Å². The summed E-state index contributed by atoms with van der Waals surface area (Å²) >= 11 is 6.54. The van der Waals surface area contributed by atoms with Gasteiger partial charge in [0.25, 0.3) is 0 Å². The smallest absolute Gasteiger partial charge is 0.229 e. The Labute approximate surface area is 269 Å². The number of rotatable bonds is 9. The third-order valence-electron chi connectivity index (χ3n) is 7.94. The molecule has 0 atom stereocenters. The van der Waals surface area contributed by atoms with Crippen molar-refractivity contribution in [3.05, 3.63) is 47.6 Å². The molecule has 0 saturated carbocycles. The van der Waals surface area contributed by atoms with Crippen LogP contribution < -0.4 is 29.9 Å². The molecular formula is C32H41ClN8O4. The number of halogens is 1. The monoisotopic (exact) mass is 636 g/mol. The highest BCUT2D eigenvalue weighted by Crippen LogP contribution is 2.36. The molecule has 13 heteroatoms. The summed E-state index contributed by atoms with van der Waals surface area (Å²) in [5.41, 5.74) is 3.46. The fourth-order valence-electron chi connectivity index (χ4n) is 5.46. The van der Waals surface area contributed by atoms with Crippen molar-refractivity contribution in [1.29, 1.82) is 0 Å². The Hall–Kier alpha value is -4.45. The van der Waals surface area contributed by atoms with E-state index >= 15 is 0 Å². The highest BCUT2D eigenvalue weighted by molar-refractivity contribution is 6.33. The zero-order valence-electron chi connectivity index (χ0n) is 26.5. The molecule has 0 radical (unpaired) electrons. The van der Waals surface area contributed by atoms with E-state index in [0.29, 0.717) is 65.8 Å². The van der Waals surface area contributed by atoms with Gasteiger partial charge in [-0.1, -0.05) is 11.6 Å². The molecule has 0 bridgehead atoms. The first-order chi connectivity index (χ1) is 21.6. The van der Waals surface area contributed by atoms with E-state index in [4.69, 9.17) is 21.1 Å². The number of hydrogen-bond donors (Lipinski definition) is 2. The quantitative estimate of drug-likeness (QED) is 0.341. The molecule has 0 unspecified atom stereocenters. The predicted molar refractivity (Wildman–Crippen MR) is 178 cm³/mol. The molecule has 2 aromatic carbocycles. The van der Waals surface area contributed by atoms with Gasteiger partial charge in [-0.3, -0.25) is 9.59 Å². The molecule has 2 saturated heterocycles. The number of aromatic nitrogens is 2. The maximum atomic E-state index is 11.8. The third-order valence-corrected chi connectivity index (χ3v) is 8.21. The van der Waals surface area contributed by atoms with Crippen LogP contribution in [0.4, 0.5) is 34.5 Å². The largest absolute Gasteiger partial charge is 0.494 e. The molecule has 2 amide bonds. The number of anilines is 6. The van der Waals surface area contributed by atoms with Crippen molar-refractivity contribution in [2.45, 2.75) is 33.8 Å². The van der Waals surface area contributed by atoms with E-state index < -0.39 is 0 Å². The van der Waals surface area contributed by atoms with Crippen LogP contribution >= 0.6 is 11.6 Å². The number of nitrogens with one attached hydrogen (secondary N) is 2. The minimum absolute atomic E-state index is 0.0538. The summed E-state index contributed by atoms with van der Waals surface area (Å²) in [6.07, 6.45) is 1.49. The van der Waals surface area contributed by atoms with Crippen LogP contribution in [0.15, 0.2) is 42.6 Å². The van der Waals surface area contributed by atoms with Crippen molar-refractivity contribution in [1.82, 2.24) is 19.8 Å². The fourth-order valence-corrected chi connectivity index (χ4v) is 5.60. The summed E-state index contributed by atoms with van der Waals surface area (Å²) in [6, 6.07) is 11.9. The number of carbonyl (C=O) groups is 2. The lowest BCUT2D eigenvalue weighted by molar-refractivity contribution is -0.129. The van der Waals surface area contributed by atoms with Gasteiger partial charge in [0, 0.05) is 89.7 Å². The summed E-state index contributed by atoms with van der Waals surface area (Å²) in [7, 11) is 1.62. The van der Waals surface area contributed by atoms with Crippen molar-refractivity contribution < 1.29 is 19.1 Å². The van der Waals surface area contributed by atoms with E-state index in [-0.39, 0.29) is 17.9 Å². The number of carbonyl (C=O) groups excluding carboxylic acids is 2. The first-order valence-corrected chi connectivity index (χ1v) is 15.6. The second-order valence-electron chi connectivity index (χ2n) is 11.4. The van der Waals surface area contributed by atoms with Gasteiger partial charge in [-0.15, -0.1) is 0 Å². The molecule has 12 nitrogen and oxygen atoms in total. The van der Waals surface area contributed by atoms with E-state index in [1.807, 2.05) is 60.0 Å². The van der Waals surface area contributed by atoms with Crippen LogP contribution in [0.25, 0.3) is 0 Å². The predicted octanol–water partition coefficient (Wildman–Crippen LogP) is 4.75. The van der Waals surface area contributed by atoms with Gasteiger partial charge in [0.2, 0.25) is 17.8 Å². The number of piperazine rings is 2. The molecule has 2 aliphatic heterocycles. The lowest BCUT2D eigenvalue weighted by atomic mass is 10.2. The van der Waals surface area contributed by atoms with Crippen LogP contribution in [-0.2, 0) is 9.59 Å². The highest BCUT2D eigenvalue weighted by atomic mass is 35.5. The fraction of sp³-hybridized carbons (Fsp3) is 0.438. The number of benzene rings is 2. The van der Waals surface area contributed by atoms with E-state index in [0.717, 1.165) is 37.6 Å². The Kier molecular flexibility index (Phi) is 10.0. The minimum Gasteiger partial charge on any atom is -0.494 e. The van der Waals surface area contributed by atoms with Crippen LogP contribution in [-0.4, -0.2) is 97.2 Å². The third kappa shape index (κ3) is 7.80. The first kappa shape index (κ1) is 32.0. The van der Waals surface area contributed by atoms with Crippen molar-refractivity contribution in [3.8, 4) is 11.5 Å². The zero-order valence-corrected chi connectivity index (χ0v) is 27.2. The van der Waals surface area contributed by atoms with E-state index in [9.17, 15) is 9.59 Å². The number of nitrogens with zero attached hydrogens (tertiary/aromatic N) is 6. The summed E-state index contributed by atoms with van der Waals surface area (Å²) in [4.78, 5) is 40.7. The van der Waals surface area contributed by atoms with Crippen molar-refractivity contribution >= 4 is 57.9 Å². The summed E-state index contributed by atoms with van der Waals surface area (Å²) < 4.78 is 11.9. The van der Waals surface area contributed by atoms with E-state index in [2.05, 4.69) is 30.4 Å². The number of ether oxygens (including phenoxy) is 2. The van der Waals surface area contributed by atoms with Crippen LogP contribution in [0.1, 0.15) is 27.7 Å². The zero-order chi connectivity index (χ0) is 32.1. The standard InChI is InChI=1S/C32H41ClN8O4/c1-21(2)45-30-19-25(41-16-12-39(13-17-41)23(4)43)7-9-28(30)35-31-26(33)20-34-32(37-31)36-27-8-6-24(18-29(27)44-5)40-14-10-38(11-15-40)22(3)42/h6-9,18-21H,10-17H2,1-5H3,(H2,34,35,36,37). The molecule has 45 heavy (non-hydrogen) atoms. The Morgan fingerprint density at radius 2 is 1.31 bits per heavy atom. The molecule has 0 spiro atoms. The van der Waals surface area contributed by atoms with Gasteiger partial charge in [0.05, 0.1) is 30.8 Å². The summed E-state index contributed by atoms with van der Waals surface area (Å²) in [5, 5.41) is 6.94. The Morgan fingerprint density at radius 1 is 0.800 bits per heavy atom. The number of methoxy groups -OCH3 is 1. The molecule has 3 aromatic rings. The average Bonchev–Trinajstić information content (AvgIpc) is 3.03. The van der Waals surface area contributed by atoms with Gasteiger partial charge in [-0.05, 0) is 38.1 Å². The van der Waals surface area contributed by atoms with Gasteiger partial charge in [-0.2, -0.15) is 4.98 Å². The number of amides is 2. The second kappa shape index (κ2) is 14.1. The number of hydrogen-bond acceptors (Lipinski definition) is 10. The Balaban J connectivity index is 1.32. The molecular weight excluding hydrogens is 596 g/mol. The second-order valence-corrected chi connectivity index (χ2v) is 11.8. The molecule has 2 fully saturated rings. The molecule has 5 rings (SSSR count).